The molecule has 1 aromatic rings. The zero-order valence-corrected chi connectivity index (χ0v) is 15.8. The number of hydrogen-bond acceptors (Lipinski definition) is 3. The third-order valence-corrected chi connectivity index (χ3v) is 4.78. The Hall–Kier alpha value is -1.72. The second-order valence-corrected chi connectivity index (χ2v) is 6.85. The van der Waals surface area contributed by atoms with E-state index in [0.29, 0.717) is 23.1 Å². The third kappa shape index (κ3) is 5.38. The van der Waals surface area contributed by atoms with Crippen LogP contribution in [0.5, 0.6) is 0 Å². The lowest BCUT2D eigenvalue weighted by atomic mass is 10.0. The highest BCUT2D eigenvalue weighted by Crippen LogP contribution is 2.30. The lowest BCUT2D eigenvalue weighted by Crippen LogP contribution is -2.50. The van der Waals surface area contributed by atoms with Gasteiger partial charge in [0.15, 0.2) is 0 Å². The summed E-state index contributed by atoms with van der Waals surface area (Å²) in [6.45, 7) is 7.35. The summed E-state index contributed by atoms with van der Waals surface area (Å²) in [5.41, 5.74) is 0.919. The van der Waals surface area contributed by atoms with Crippen molar-refractivity contribution in [3.8, 4) is 0 Å². The van der Waals surface area contributed by atoms with Crippen LogP contribution < -0.4 is 10.2 Å². The molecule has 0 aliphatic carbocycles. The highest BCUT2D eigenvalue weighted by atomic mass is 35.5. The zero-order valence-electron chi connectivity index (χ0n) is 14.3. The van der Waals surface area contributed by atoms with Crippen LogP contribution in [0.15, 0.2) is 30.9 Å². The lowest BCUT2D eigenvalue weighted by Gasteiger charge is -2.35. The van der Waals surface area contributed by atoms with Crippen LogP contribution in [0.2, 0.25) is 10.0 Å². The van der Waals surface area contributed by atoms with Gasteiger partial charge in [-0.3, -0.25) is 9.59 Å². The Labute approximate surface area is 158 Å². The molecule has 25 heavy (non-hydrogen) atoms. The van der Waals surface area contributed by atoms with Crippen LogP contribution in [-0.2, 0) is 9.59 Å². The first kappa shape index (κ1) is 19.6. The van der Waals surface area contributed by atoms with Crippen LogP contribution >= 0.6 is 23.2 Å². The summed E-state index contributed by atoms with van der Waals surface area (Å²) in [4.78, 5) is 27.5. The van der Waals surface area contributed by atoms with E-state index in [4.69, 9.17) is 23.2 Å². The van der Waals surface area contributed by atoms with Crippen molar-refractivity contribution >= 4 is 40.7 Å². The number of rotatable bonds is 6. The number of carbonyl (C=O) groups excluding carboxylic acids is 2. The maximum atomic E-state index is 12.3. The molecule has 0 spiro atoms. The Kier molecular flexibility index (Phi) is 7.14. The number of nitrogens with one attached hydrogen (secondary N) is 1. The molecular formula is C18H23Cl2N3O2. The van der Waals surface area contributed by atoms with Crippen molar-refractivity contribution < 1.29 is 9.59 Å². The van der Waals surface area contributed by atoms with Gasteiger partial charge in [-0.15, -0.1) is 0 Å². The number of halogens is 2. The molecule has 1 N–H and O–H groups in total. The van der Waals surface area contributed by atoms with E-state index in [-0.39, 0.29) is 24.4 Å². The van der Waals surface area contributed by atoms with Crippen LogP contribution in [-0.4, -0.2) is 48.9 Å². The van der Waals surface area contributed by atoms with Gasteiger partial charge in [0.2, 0.25) is 11.8 Å². The predicted molar refractivity (Wildman–Crippen MR) is 102 cm³/mol. The Balaban J connectivity index is 1.95. The summed E-state index contributed by atoms with van der Waals surface area (Å²) >= 11 is 12.2. The van der Waals surface area contributed by atoms with Gasteiger partial charge in [0.25, 0.3) is 0 Å². The van der Waals surface area contributed by atoms with E-state index in [0.717, 1.165) is 25.1 Å². The van der Waals surface area contributed by atoms with E-state index in [1.807, 2.05) is 19.1 Å². The first-order chi connectivity index (χ1) is 11.9. The van der Waals surface area contributed by atoms with Crippen molar-refractivity contribution in [2.24, 2.45) is 0 Å². The number of likely N-dealkylation sites (N-methyl/N-ethyl adjacent to an activating group) is 1. The van der Waals surface area contributed by atoms with Gasteiger partial charge in [0.05, 0.1) is 17.3 Å². The van der Waals surface area contributed by atoms with E-state index in [2.05, 4.69) is 16.8 Å². The molecule has 0 bridgehead atoms. The van der Waals surface area contributed by atoms with Crippen molar-refractivity contribution in [2.75, 3.05) is 31.1 Å². The highest BCUT2D eigenvalue weighted by Gasteiger charge is 2.24. The van der Waals surface area contributed by atoms with Gasteiger partial charge in [-0.1, -0.05) is 29.8 Å². The largest absolute Gasteiger partial charge is 0.368 e. The summed E-state index contributed by atoms with van der Waals surface area (Å²) in [6, 6.07) is 5.45. The summed E-state index contributed by atoms with van der Waals surface area (Å²) in [5, 5.41) is 4.22. The van der Waals surface area contributed by atoms with E-state index in [9.17, 15) is 9.59 Å². The number of piperidine rings is 1. The number of anilines is 1. The molecule has 5 nitrogen and oxygen atoms in total. The monoisotopic (exact) mass is 383 g/mol. The minimum Gasteiger partial charge on any atom is -0.368 e. The smallest absolute Gasteiger partial charge is 0.246 e. The number of carbonyl (C=O) groups is 2. The summed E-state index contributed by atoms with van der Waals surface area (Å²) in [6.07, 6.45) is 3.07. The second kappa shape index (κ2) is 9.11. The summed E-state index contributed by atoms with van der Waals surface area (Å²) in [7, 11) is 0. The molecule has 1 saturated heterocycles. The molecule has 1 aliphatic rings. The molecule has 2 amide bonds. The quantitative estimate of drug-likeness (QED) is 0.767. The molecule has 1 fully saturated rings. The maximum Gasteiger partial charge on any atom is 0.246 e. The minimum atomic E-state index is -0.240. The lowest BCUT2D eigenvalue weighted by molar-refractivity contribution is -0.132. The number of amides is 2. The fraction of sp³-hybridized carbons (Fsp3) is 0.444. The fourth-order valence-electron chi connectivity index (χ4n) is 2.97. The second-order valence-electron chi connectivity index (χ2n) is 6.00. The standard InChI is InChI=1S/C18H23Cl2N3O2/c1-3-18(25)22(4-2)12-17(24)21-14-6-5-9-23(11-14)16-8-7-13(19)10-15(16)20/h3,7-8,10,14H,1,4-6,9,11-12H2,2H3,(H,21,24). The molecule has 0 saturated carbocycles. The van der Waals surface area contributed by atoms with Crippen molar-refractivity contribution in [1.82, 2.24) is 10.2 Å². The number of nitrogens with zero attached hydrogens (tertiary/aromatic N) is 2. The normalized spacial score (nSPS) is 17.1. The molecule has 1 unspecified atom stereocenters. The maximum absolute atomic E-state index is 12.3. The van der Waals surface area contributed by atoms with Gasteiger partial charge in [0, 0.05) is 30.7 Å². The molecule has 136 valence electrons. The predicted octanol–water partition coefficient (Wildman–Crippen LogP) is 3.11. The van der Waals surface area contributed by atoms with Crippen LogP contribution in [0.1, 0.15) is 19.8 Å². The van der Waals surface area contributed by atoms with Crippen LogP contribution in [0.4, 0.5) is 5.69 Å². The van der Waals surface area contributed by atoms with Crippen molar-refractivity contribution in [3.05, 3.63) is 40.9 Å². The van der Waals surface area contributed by atoms with E-state index >= 15 is 0 Å². The van der Waals surface area contributed by atoms with E-state index in [1.165, 1.54) is 11.0 Å². The van der Waals surface area contributed by atoms with E-state index in [1.54, 1.807) is 6.07 Å². The van der Waals surface area contributed by atoms with Gasteiger partial charge in [-0.2, -0.15) is 0 Å². The highest BCUT2D eigenvalue weighted by molar-refractivity contribution is 6.36. The van der Waals surface area contributed by atoms with Gasteiger partial charge >= 0.3 is 0 Å². The fourth-order valence-corrected chi connectivity index (χ4v) is 3.50. The van der Waals surface area contributed by atoms with Crippen molar-refractivity contribution in [1.29, 1.82) is 0 Å². The van der Waals surface area contributed by atoms with Gasteiger partial charge < -0.3 is 15.1 Å². The minimum absolute atomic E-state index is 0.0190. The number of hydrogen-bond donors (Lipinski definition) is 1. The summed E-state index contributed by atoms with van der Waals surface area (Å²) < 4.78 is 0. The molecule has 0 aromatic heterocycles. The number of benzene rings is 1. The zero-order chi connectivity index (χ0) is 18.4. The van der Waals surface area contributed by atoms with E-state index < -0.39 is 0 Å². The van der Waals surface area contributed by atoms with Gasteiger partial charge in [-0.25, -0.2) is 0 Å². The molecule has 1 aromatic carbocycles. The molecule has 1 aliphatic heterocycles. The average molecular weight is 384 g/mol. The molecule has 7 heteroatoms. The third-order valence-electron chi connectivity index (χ3n) is 4.24. The summed E-state index contributed by atoms with van der Waals surface area (Å²) in [5.74, 6) is -0.401. The Bertz CT molecular complexity index is 651. The molecular weight excluding hydrogens is 361 g/mol. The molecule has 2 rings (SSSR count). The SMILES string of the molecule is C=CC(=O)N(CC)CC(=O)NC1CCCN(c2ccc(Cl)cc2Cl)C1. The average Bonchev–Trinajstić information content (AvgIpc) is 2.59. The van der Waals surface area contributed by atoms with Crippen molar-refractivity contribution in [3.63, 3.8) is 0 Å². The molecule has 1 atom stereocenters. The molecule has 0 radical (unpaired) electrons. The topological polar surface area (TPSA) is 52.7 Å². The first-order valence-corrected chi connectivity index (χ1v) is 9.11. The van der Waals surface area contributed by atoms with Gasteiger partial charge in [0.1, 0.15) is 0 Å². The molecule has 1 heterocycles. The van der Waals surface area contributed by atoms with Crippen LogP contribution in [0, 0.1) is 0 Å². The first-order valence-electron chi connectivity index (χ1n) is 8.35. The van der Waals surface area contributed by atoms with Crippen LogP contribution in [0.3, 0.4) is 0 Å². The Morgan fingerprint density at radius 2 is 2.20 bits per heavy atom. The van der Waals surface area contributed by atoms with Crippen molar-refractivity contribution in [2.45, 2.75) is 25.8 Å². The Morgan fingerprint density at radius 1 is 1.44 bits per heavy atom. The van der Waals surface area contributed by atoms with Gasteiger partial charge in [-0.05, 0) is 44.0 Å². The van der Waals surface area contributed by atoms with Crippen LogP contribution in [0.25, 0.3) is 0 Å². The Morgan fingerprint density at radius 3 is 2.84 bits per heavy atom.